The van der Waals surface area contributed by atoms with Gasteiger partial charge in [-0.1, -0.05) is 49.5 Å². The summed E-state index contributed by atoms with van der Waals surface area (Å²) in [4.78, 5) is 26.0. The van der Waals surface area contributed by atoms with Gasteiger partial charge in [-0.25, -0.2) is 0 Å². The monoisotopic (exact) mass is 305 g/mol. The zero-order valence-corrected chi connectivity index (χ0v) is 12.7. The standard InChI is InChI=1S/C15H19N3O2S/c1-2-11-15(20)17-14(19)9-18(11)12(8-13(16)21)10-6-4-3-5-7-10/h3-7,11-12H,2,8-9H2,1H3,(H2,16,21)(H,17,19,20). The molecule has 2 atom stereocenters. The molecule has 5 nitrogen and oxygen atoms in total. The maximum atomic E-state index is 12.0. The van der Waals surface area contributed by atoms with Crippen LogP contribution in [0, 0.1) is 0 Å². The number of nitrogens with two attached hydrogens (primary N) is 1. The van der Waals surface area contributed by atoms with E-state index in [1.165, 1.54) is 0 Å². The number of amides is 2. The SMILES string of the molecule is CCC1C(=O)NC(=O)CN1C(CC(N)=S)c1ccccc1. The van der Waals surface area contributed by atoms with Gasteiger partial charge in [0.15, 0.2) is 0 Å². The molecule has 1 aromatic carbocycles. The number of rotatable bonds is 5. The fourth-order valence-electron chi connectivity index (χ4n) is 2.73. The van der Waals surface area contributed by atoms with Crippen LogP contribution in [0.15, 0.2) is 30.3 Å². The van der Waals surface area contributed by atoms with Gasteiger partial charge in [-0.05, 0) is 12.0 Å². The molecule has 21 heavy (non-hydrogen) atoms. The first-order valence-corrected chi connectivity index (χ1v) is 7.36. The van der Waals surface area contributed by atoms with Gasteiger partial charge in [0.05, 0.1) is 17.6 Å². The molecule has 1 saturated heterocycles. The van der Waals surface area contributed by atoms with Crippen molar-refractivity contribution in [3.63, 3.8) is 0 Å². The van der Waals surface area contributed by atoms with Crippen LogP contribution < -0.4 is 11.1 Å². The molecular weight excluding hydrogens is 286 g/mol. The minimum absolute atomic E-state index is 0.163. The number of hydrogen-bond acceptors (Lipinski definition) is 4. The first-order chi connectivity index (χ1) is 10.0. The number of piperazine rings is 1. The van der Waals surface area contributed by atoms with E-state index in [1.807, 2.05) is 42.2 Å². The molecular formula is C15H19N3O2S. The van der Waals surface area contributed by atoms with E-state index >= 15 is 0 Å². The van der Waals surface area contributed by atoms with Crippen LogP contribution in [0.1, 0.15) is 31.4 Å². The predicted octanol–water partition coefficient (Wildman–Crippen LogP) is 1.14. The normalized spacial score (nSPS) is 20.9. The van der Waals surface area contributed by atoms with E-state index in [2.05, 4.69) is 5.32 Å². The minimum Gasteiger partial charge on any atom is -0.393 e. The molecule has 0 bridgehead atoms. The molecule has 0 aliphatic carbocycles. The Morgan fingerprint density at radius 2 is 2.10 bits per heavy atom. The Balaban J connectivity index is 2.36. The van der Waals surface area contributed by atoms with Crippen LogP contribution in [0.5, 0.6) is 0 Å². The van der Waals surface area contributed by atoms with Crippen molar-refractivity contribution in [1.82, 2.24) is 10.2 Å². The molecule has 1 aliphatic rings. The van der Waals surface area contributed by atoms with E-state index in [9.17, 15) is 9.59 Å². The highest BCUT2D eigenvalue weighted by molar-refractivity contribution is 7.80. The lowest BCUT2D eigenvalue weighted by molar-refractivity contribution is -0.141. The highest BCUT2D eigenvalue weighted by atomic mass is 32.1. The number of thiocarbonyl (C=S) groups is 1. The van der Waals surface area contributed by atoms with Gasteiger partial charge in [-0.15, -0.1) is 0 Å². The average Bonchev–Trinajstić information content (AvgIpc) is 2.45. The lowest BCUT2D eigenvalue weighted by Crippen LogP contribution is -2.58. The van der Waals surface area contributed by atoms with Crippen LogP contribution in [-0.4, -0.2) is 34.3 Å². The highest BCUT2D eigenvalue weighted by Gasteiger charge is 2.37. The van der Waals surface area contributed by atoms with Crippen LogP contribution in [0.3, 0.4) is 0 Å². The number of benzene rings is 1. The van der Waals surface area contributed by atoms with Crippen LogP contribution in [0.4, 0.5) is 0 Å². The Bertz CT molecular complexity index is 547. The van der Waals surface area contributed by atoms with Crippen LogP contribution in [0.25, 0.3) is 0 Å². The number of carbonyl (C=O) groups is 2. The van der Waals surface area contributed by atoms with Crippen molar-refractivity contribution in [1.29, 1.82) is 0 Å². The van der Waals surface area contributed by atoms with Crippen molar-refractivity contribution >= 4 is 29.0 Å². The van der Waals surface area contributed by atoms with E-state index in [4.69, 9.17) is 18.0 Å². The van der Waals surface area contributed by atoms with Gasteiger partial charge in [0.2, 0.25) is 11.8 Å². The summed E-state index contributed by atoms with van der Waals surface area (Å²) in [5.41, 5.74) is 6.72. The molecule has 1 aromatic rings. The largest absolute Gasteiger partial charge is 0.393 e. The third-order valence-electron chi connectivity index (χ3n) is 3.66. The van der Waals surface area contributed by atoms with Gasteiger partial charge in [0.25, 0.3) is 0 Å². The van der Waals surface area contributed by atoms with Crippen LogP contribution in [0.2, 0.25) is 0 Å². The summed E-state index contributed by atoms with van der Waals surface area (Å²) in [7, 11) is 0. The van der Waals surface area contributed by atoms with Crippen LogP contribution in [-0.2, 0) is 9.59 Å². The average molecular weight is 305 g/mol. The zero-order valence-electron chi connectivity index (χ0n) is 11.9. The number of imide groups is 1. The maximum Gasteiger partial charge on any atom is 0.243 e. The van der Waals surface area contributed by atoms with Gasteiger partial charge < -0.3 is 5.73 Å². The van der Waals surface area contributed by atoms with Gasteiger partial charge in [-0.2, -0.15) is 0 Å². The van der Waals surface area contributed by atoms with Crippen molar-refractivity contribution in [2.24, 2.45) is 5.73 Å². The second-order valence-electron chi connectivity index (χ2n) is 5.11. The number of carbonyl (C=O) groups excluding carboxylic acids is 2. The van der Waals surface area contributed by atoms with Crippen molar-refractivity contribution in [2.75, 3.05) is 6.54 Å². The molecule has 0 radical (unpaired) electrons. The fourth-order valence-corrected chi connectivity index (χ4v) is 2.88. The van der Waals surface area contributed by atoms with Crippen molar-refractivity contribution in [3.05, 3.63) is 35.9 Å². The van der Waals surface area contributed by atoms with E-state index in [1.54, 1.807) is 0 Å². The summed E-state index contributed by atoms with van der Waals surface area (Å²) in [6.07, 6.45) is 1.07. The molecule has 6 heteroatoms. The molecule has 112 valence electrons. The van der Waals surface area contributed by atoms with Crippen molar-refractivity contribution < 1.29 is 9.59 Å². The molecule has 2 unspecified atom stereocenters. The quantitative estimate of drug-likeness (QED) is 0.630. The Kier molecular flexibility index (Phi) is 5.03. The predicted molar refractivity (Wildman–Crippen MR) is 84.5 cm³/mol. The summed E-state index contributed by atoms with van der Waals surface area (Å²) in [6, 6.07) is 9.20. The van der Waals surface area contributed by atoms with Gasteiger partial charge >= 0.3 is 0 Å². The lowest BCUT2D eigenvalue weighted by Gasteiger charge is -2.39. The van der Waals surface area contributed by atoms with Crippen molar-refractivity contribution in [3.8, 4) is 0 Å². The fraction of sp³-hybridized carbons (Fsp3) is 0.400. The van der Waals surface area contributed by atoms with Crippen molar-refractivity contribution in [2.45, 2.75) is 31.8 Å². The minimum atomic E-state index is -0.345. The van der Waals surface area contributed by atoms with E-state index < -0.39 is 0 Å². The third kappa shape index (κ3) is 3.65. The van der Waals surface area contributed by atoms with Crippen LogP contribution >= 0.6 is 12.2 Å². The molecule has 0 spiro atoms. The second-order valence-corrected chi connectivity index (χ2v) is 5.63. The topological polar surface area (TPSA) is 75.4 Å². The van der Waals surface area contributed by atoms with Gasteiger partial charge in [-0.3, -0.25) is 19.8 Å². The molecule has 1 heterocycles. The molecule has 0 aromatic heterocycles. The highest BCUT2D eigenvalue weighted by Crippen LogP contribution is 2.28. The zero-order chi connectivity index (χ0) is 15.4. The van der Waals surface area contributed by atoms with E-state index in [-0.39, 0.29) is 30.4 Å². The molecule has 2 rings (SSSR count). The Morgan fingerprint density at radius 1 is 1.43 bits per heavy atom. The Morgan fingerprint density at radius 3 is 2.67 bits per heavy atom. The third-order valence-corrected chi connectivity index (χ3v) is 3.82. The van der Waals surface area contributed by atoms with E-state index in [0.29, 0.717) is 17.8 Å². The molecule has 3 N–H and O–H groups in total. The smallest absolute Gasteiger partial charge is 0.243 e. The van der Waals surface area contributed by atoms with Gasteiger partial charge in [0, 0.05) is 12.5 Å². The summed E-state index contributed by atoms with van der Waals surface area (Å²) < 4.78 is 0. The Hall–Kier alpha value is -1.79. The summed E-state index contributed by atoms with van der Waals surface area (Å²) in [5.74, 6) is -0.536. The summed E-state index contributed by atoms with van der Waals surface area (Å²) in [6.45, 7) is 2.10. The molecule has 2 amide bonds. The number of hydrogen-bond donors (Lipinski definition) is 2. The molecule has 1 aliphatic heterocycles. The number of nitrogens with zero attached hydrogens (tertiary/aromatic N) is 1. The lowest BCUT2D eigenvalue weighted by atomic mass is 9.97. The summed E-state index contributed by atoms with van der Waals surface area (Å²) in [5, 5.41) is 2.39. The number of nitrogens with one attached hydrogen (secondary N) is 1. The second kappa shape index (κ2) is 6.78. The maximum absolute atomic E-state index is 12.0. The van der Waals surface area contributed by atoms with E-state index in [0.717, 1.165) is 5.56 Å². The molecule has 1 fully saturated rings. The first kappa shape index (κ1) is 15.6. The summed E-state index contributed by atoms with van der Waals surface area (Å²) >= 11 is 5.04. The molecule has 0 saturated carbocycles. The van der Waals surface area contributed by atoms with Gasteiger partial charge in [0.1, 0.15) is 0 Å². The Labute approximate surface area is 129 Å². The first-order valence-electron chi connectivity index (χ1n) is 6.95.